The zero-order chi connectivity index (χ0) is 30.0. The zero-order valence-electron chi connectivity index (χ0n) is 24.5. The molecule has 3 heterocycles. The van der Waals surface area contributed by atoms with Crippen molar-refractivity contribution in [3.63, 3.8) is 0 Å². The van der Waals surface area contributed by atoms with Crippen molar-refractivity contribution in [2.45, 2.75) is 43.2 Å². The fraction of sp³-hybridized carbons (Fsp3) is 0.333. The summed E-state index contributed by atoms with van der Waals surface area (Å²) in [5, 5.41) is 0. The molecule has 6 rings (SSSR count). The summed E-state index contributed by atoms with van der Waals surface area (Å²) >= 11 is 0. The molecule has 0 bridgehead atoms. The van der Waals surface area contributed by atoms with Gasteiger partial charge in [-0.2, -0.15) is 0 Å². The number of benzene rings is 3. The fourth-order valence-corrected chi connectivity index (χ4v) is 6.55. The molecule has 226 valence electrons. The molecule has 0 spiro atoms. The normalized spacial score (nSPS) is 17.0. The largest absolute Gasteiger partial charge is 0.497 e. The molecule has 0 saturated carbocycles. The zero-order valence-corrected chi connectivity index (χ0v) is 25.3. The van der Waals surface area contributed by atoms with Gasteiger partial charge in [0.05, 0.1) is 32.3 Å². The fourth-order valence-electron chi connectivity index (χ4n) is 5.38. The molecule has 1 aromatic heterocycles. The van der Waals surface area contributed by atoms with Gasteiger partial charge in [-0.15, -0.1) is 0 Å². The Hall–Kier alpha value is -4.02. The summed E-state index contributed by atoms with van der Waals surface area (Å²) in [6.45, 7) is 2.67. The van der Waals surface area contributed by atoms with E-state index in [-0.39, 0.29) is 23.4 Å². The van der Waals surface area contributed by atoms with Crippen LogP contribution in [0.25, 0.3) is 0 Å². The van der Waals surface area contributed by atoms with Crippen LogP contribution in [0.4, 0.5) is 10.3 Å². The molecule has 4 aromatic rings. The Bertz CT molecular complexity index is 1460. The summed E-state index contributed by atoms with van der Waals surface area (Å²) in [4.78, 5) is 11.0. The predicted molar refractivity (Wildman–Crippen MR) is 165 cm³/mol. The van der Waals surface area contributed by atoms with Crippen LogP contribution in [-0.4, -0.2) is 53.0 Å². The Morgan fingerprint density at radius 2 is 1.65 bits per heavy atom. The molecule has 3 aromatic carbocycles. The van der Waals surface area contributed by atoms with Crippen molar-refractivity contribution in [2.75, 3.05) is 38.2 Å². The van der Waals surface area contributed by atoms with E-state index >= 15 is 4.39 Å². The first-order chi connectivity index (χ1) is 21.1. The number of halogens is 1. The van der Waals surface area contributed by atoms with Crippen LogP contribution >= 0.6 is 0 Å². The average Bonchev–Trinajstić information content (AvgIpc) is 3.08. The van der Waals surface area contributed by atoms with Crippen LogP contribution in [0, 0.1) is 5.82 Å². The molecule has 10 heteroatoms. The second-order valence-corrected chi connectivity index (χ2v) is 11.6. The molecule has 43 heavy (non-hydrogen) atoms. The second kappa shape index (κ2) is 14.9. The predicted octanol–water partition coefficient (Wildman–Crippen LogP) is 6.36. The van der Waals surface area contributed by atoms with E-state index in [0.29, 0.717) is 23.9 Å². The molecule has 1 saturated heterocycles. The van der Waals surface area contributed by atoms with Gasteiger partial charge in [-0.05, 0) is 50.2 Å². The van der Waals surface area contributed by atoms with Crippen LogP contribution in [-0.2, 0) is 17.5 Å². The minimum atomic E-state index is -1.96. The number of ether oxygens (including phenoxy) is 3. The SMILES string of the molecule is COc1ccc(CN(c2ncccn2)S(=O)c2cc3c(cc2F)C(N2CCCCC2)CCO3)c(OC)c1.c1ccccc1. The lowest BCUT2D eigenvalue weighted by atomic mass is 9.96. The third-order valence-electron chi connectivity index (χ3n) is 7.54. The molecule has 2 aliphatic rings. The molecule has 8 nitrogen and oxygen atoms in total. The van der Waals surface area contributed by atoms with Crippen molar-refractivity contribution in [3.8, 4) is 17.2 Å². The molecule has 2 unspecified atom stereocenters. The Morgan fingerprint density at radius 3 is 2.30 bits per heavy atom. The first-order valence-corrected chi connectivity index (χ1v) is 15.6. The highest BCUT2D eigenvalue weighted by molar-refractivity contribution is 7.86. The van der Waals surface area contributed by atoms with Gasteiger partial charge < -0.3 is 14.2 Å². The lowest BCUT2D eigenvalue weighted by Crippen LogP contribution is -2.36. The van der Waals surface area contributed by atoms with Gasteiger partial charge in [0.25, 0.3) is 0 Å². The van der Waals surface area contributed by atoms with Crippen LogP contribution in [0.5, 0.6) is 17.2 Å². The van der Waals surface area contributed by atoms with E-state index in [0.717, 1.165) is 43.5 Å². The van der Waals surface area contributed by atoms with Crippen molar-refractivity contribution >= 4 is 16.9 Å². The number of fused-ring (bicyclic) bond motifs is 1. The number of anilines is 1. The van der Waals surface area contributed by atoms with Crippen molar-refractivity contribution < 1.29 is 22.8 Å². The highest BCUT2D eigenvalue weighted by Crippen LogP contribution is 2.40. The molecule has 1 fully saturated rings. The van der Waals surface area contributed by atoms with E-state index < -0.39 is 16.8 Å². The number of hydrogen-bond acceptors (Lipinski definition) is 7. The van der Waals surface area contributed by atoms with Crippen molar-refractivity contribution in [1.82, 2.24) is 14.9 Å². The number of rotatable bonds is 8. The van der Waals surface area contributed by atoms with E-state index in [4.69, 9.17) is 14.2 Å². The molecule has 2 aliphatic heterocycles. The summed E-state index contributed by atoms with van der Waals surface area (Å²) in [5.41, 5.74) is 1.55. The highest BCUT2D eigenvalue weighted by Gasteiger charge is 2.31. The monoisotopic (exact) mass is 604 g/mol. The number of hydrogen-bond donors (Lipinski definition) is 0. The smallest absolute Gasteiger partial charge is 0.237 e. The summed E-state index contributed by atoms with van der Waals surface area (Å²) in [7, 11) is 1.16. The molecule has 0 radical (unpaired) electrons. The maximum Gasteiger partial charge on any atom is 0.237 e. The van der Waals surface area contributed by atoms with E-state index in [9.17, 15) is 4.21 Å². The van der Waals surface area contributed by atoms with Gasteiger partial charge in [0.2, 0.25) is 5.95 Å². The quantitative estimate of drug-likeness (QED) is 0.232. The number of likely N-dealkylation sites (tertiary alicyclic amines) is 1. The molecular weight excluding hydrogens is 567 g/mol. The van der Waals surface area contributed by atoms with Gasteiger partial charge in [0.1, 0.15) is 23.1 Å². The summed E-state index contributed by atoms with van der Waals surface area (Å²) in [6, 6.07) is 22.2. The molecule has 2 atom stereocenters. The van der Waals surface area contributed by atoms with Crippen molar-refractivity contribution in [1.29, 1.82) is 0 Å². The lowest BCUT2D eigenvalue weighted by Gasteiger charge is -2.38. The standard InChI is InChI=1S/C27H31FN4O4S.C6H6/c1-34-20-8-7-19(24(15-20)35-2)18-32(27-29-10-6-11-30-27)37(33)26-17-25-21(16-22(26)28)23(9-14-36-25)31-12-4-3-5-13-31;1-2-4-6-5-3-1/h6-8,10-11,15-17,23H,3-5,9,12-14,18H2,1-2H3;1-6H. The summed E-state index contributed by atoms with van der Waals surface area (Å²) < 4.78 is 47.8. The van der Waals surface area contributed by atoms with Crippen LogP contribution in [0.1, 0.15) is 42.9 Å². The minimum Gasteiger partial charge on any atom is -0.497 e. The molecule has 0 aliphatic carbocycles. The van der Waals surface area contributed by atoms with Gasteiger partial charge in [-0.1, -0.05) is 42.8 Å². The van der Waals surface area contributed by atoms with Gasteiger partial charge in [0.15, 0.2) is 11.0 Å². The van der Waals surface area contributed by atoms with Crippen molar-refractivity contribution in [2.24, 2.45) is 0 Å². The van der Waals surface area contributed by atoms with Gasteiger partial charge in [-0.25, -0.2) is 18.6 Å². The second-order valence-electron chi connectivity index (χ2n) is 10.2. The number of nitrogens with zero attached hydrogens (tertiary/aromatic N) is 4. The number of methoxy groups -OCH3 is 2. The van der Waals surface area contributed by atoms with Gasteiger partial charge >= 0.3 is 0 Å². The topological polar surface area (TPSA) is 77.0 Å². The van der Waals surface area contributed by atoms with Crippen LogP contribution in [0.15, 0.2) is 90.1 Å². The van der Waals surface area contributed by atoms with E-state index in [1.807, 2.05) is 42.5 Å². The Kier molecular flexibility index (Phi) is 10.6. The molecule has 0 N–H and O–H groups in total. The van der Waals surface area contributed by atoms with Crippen LogP contribution in [0.2, 0.25) is 0 Å². The first kappa shape index (κ1) is 30.4. The third-order valence-corrected chi connectivity index (χ3v) is 8.92. The Balaban J connectivity index is 0.000000548. The van der Waals surface area contributed by atoms with Crippen LogP contribution in [0.3, 0.4) is 0 Å². The Morgan fingerprint density at radius 1 is 0.953 bits per heavy atom. The van der Waals surface area contributed by atoms with E-state index in [1.165, 1.54) is 16.8 Å². The van der Waals surface area contributed by atoms with Crippen molar-refractivity contribution in [3.05, 3.63) is 102 Å². The number of piperidine rings is 1. The average molecular weight is 605 g/mol. The lowest BCUT2D eigenvalue weighted by molar-refractivity contribution is 0.118. The van der Waals surface area contributed by atoms with Gasteiger partial charge in [-0.3, -0.25) is 9.21 Å². The molecule has 0 amide bonds. The van der Waals surface area contributed by atoms with E-state index in [2.05, 4.69) is 14.9 Å². The maximum atomic E-state index is 15.7. The molecular formula is C33H37FN4O4S. The summed E-state index contributed by atoms with van der Waals surface area (Å²) in [5.74, 6) is 1.44. The maximum absolute atomic E-state index is 15.7. The number of aromatic nitrogens is 2. The Labute approximate surface area is 255 Å². The third kappa shape index (κ3) is 7.50. The van der Waals surface area contributed by atoms with Crippen LogP contribution < -0.4 is 18.5 Å². The summed E-state index contributed by atoms with van der Waals surface area (Å²) in [6.07, 6.45) is 7.47. The van der Waals surface area contributed by atoms with Gasteiger partial charge in [0, 0.05) is 48.1 Å². The highest BCUT2D eigenvalue weighted by atomic mass is 32.2. The minimum absolute atomic E-state index is 0.0259. The van der Waals surface area contributed by atoms with E-state index in [1.54, 1.807) is 50.9 Å². The first-order valence-electron chi connectivity index (χ1n) is 14.5.